The lowest BCUT2D eigenvalue weighted by Gasteiger charge is -2.08. The number of hydrogen-bond acceptors (Lipinski definition) is 8. The van der Waals surface area contributed by atoms with Crippen LogP contribution in [0.2, 0.25) is 0 Å². The maximum absolute atomic E-state index is 12.5. The van der Waals surface area contributed by atoms with Crippen molar-refractivity contribution in [2.75, 3.05) is 15.4 Å². The number of sulfonamides is 1. The molecule has 11 heteroatoms. The Labute approximate surface area is 154 Å². The number of aryl methyl sites for hydroxylation is 1. The lowest BCUT2D eigenvalue weighted by Crippen LogP contribution is -2.14. The number of nitrogens with zero attached hydrogens (tertiary/aromatic N) is 3. The first-order chi connectivity index (χ1) is 12.9. The number of hydrogen-bond donors (Lipinski definition) is 3. The van der Waals surface area contributed by atoms with Gasteiger partial charge in [0.1, 0.15) is 5.76 Å². The Bertz CT molecular complexity index is 1120. The Kier molecular flexibility index (Phi) is 4.00. The summed E-state index contributed by atoms with van der Waals surface area (Å²) in [5.41, 5.74) is 1.26. The highest BCUT2D eigenvalue weighted by molar-refractivity contribution is 7.92. The lowest BCUT2D eigenvalue weighted by molar-refractivity contribution is -0.115. The fraction of sp³-hybridized carbons (Fsp3) is 0.125. The third kappa shape index (κ3) is 3.58. The number of rotatable bonds is 5. The summed E-state index contributed by atoms with van der Waals surface area (Å²) in [4.78, 5) is 11.4. The molecule has 0 saturated carbocycles. The third-order valence-corrected chi connectivity index (χ3v) is 5.15. The van der Waals surface area contributed by atoms with Crippen LogP contribution in [0.3, 0.4) is 0 Å². The van der Waals surface area contributed by atoms with Crippen LogP contribution in [0.1, 0.15) is 11.3 Å². The molecule has 0 fully saturated rings. The summed E-state index contributed by atoms with van der Waals surface area (Å²) >= 11 is 0. The standard InChI is InChI=1S/C16H14N6O4S/c1-9-6-15(21-26-9)18-13-4-5-14(20-19-13)22-27(24,25)11-2-3-12-10(7-11)8-16(23)17-12/h2-7H,8H2,1H3,(H,17,23)(H,20,22)(H,18,19,21). The average molecular weight is 386 g/mol. The molecule has 138 valence electrons. The fourth-order valence-corrected chi connectivity index (χ4v) is 3.63. The Morgan fingerprint density at radius 2 is 1.85 bits per heavy atom. The maximum atomic E-state index is 12.5. The van der Waals surface area contributed by atoms with Gasteiger partial charge in [0.15, 0.2) is 17.5 Å². The van der Waals surface area contributed by atoms with Crippen LogP contribution in [0.4, 0.5) is 23.1 Å². The minimum absolute atomic E-state index is 0.0415. The van der Waals surface area contributed by atoms with E-state index in [0.717, 1.165) is 0 Å². The third-order valence-electron chi connectivity index (χ3n) is 3.80. The van der Waals surface area contributed by atoms with Gasteiger partial charge in [0.05, 0.1) is 11.3 Å². The summed E-state index contributed by atoms with van der Waals surface area (Å²) in [5, 5.41) is 17.1. The van der Waals surface area contributed by atoms with E-state index in [1.807, 2.05) is 0 Å². The van der Waals surface area contributed by atoms with Gasteiger partial charge in [-0.3, -0.25) is 9.52 Å². The second kappa shape index (κ2) is 6.36. The van der Waals surface area contributed by atoms with Crippen LogP contribution in [-0.4, -0.2) is 29.7 Å². The normalized spacial score (nSPS) is 13.1. The second-order valence-corrected chi connectivity index (χ2v) is 7.58. The van der Waals surface area contributed by atoms with Crippen LogP contribution in [0.5, 0.6) is 0 Å². The van der Waals surface area contributed by atoms with Crippen molar-refractivity contribution in [3.63, 3.8) is 0 Å². The van der Waals surface area contributed by atoms with Gasteiger partial charge in [-0.25, -0.2) is 8.42 Å². The zero-order valence-corrected chi connectivity index (χ0v) is 14.9. The molecule has 1 aliphatic heterocycles. The van der Waals surface area contributed by atoms with Crippen molar-refractivity contribution in [2.24, 2.45) is 0 Å². The maximum Gasteiger partial charge on any atom is 0.263 e. The molecule has 10 nitrogen and oxygen atoms in total. The minimum atomic E-state index is -3.86. The lowest BCUT2D eigenvalue weighted by atomic mass is 10.2. The first-order valence-electron chi connectivity index (χ1n) is 7.89. The van der Waals surface area contributed by atoms with Crippen LogP contribution < -0.4 is 15.4 Å². The van der Waals surface area contributed by atoms with Crippen molar-refractivity contribution in [1.29, 1.82) is 0 Å². The van der Waals surface area contributed by atoms with Gasteiger partial charge in [0.25, 0.3) is 10.0 Å². The predicted molar refractivity (Wildman–Crippen MR) is 96.1 cm³/mol. The molecule has 0 saturated heterocycles. The van der Waals surface area contributed by atoms with Gasteiger partial charge >= 0.3 is 0 Å². The number of amides is 1. The highest BCUT2D eigenvalue weighted by Gasteiger charge is 2.22. The van der Waals surface area contributed by atoms with Gasteiger partial charge < -0.3 is 15.2 Å². The number of anilines is 4. The van der Waals surface area contributed by atoms with E-state index < -0.39 is 10.0 Å². The summed E-state index contributed by atoms with van der Waals surface area (Å²) < 4.78 is 32.4. The van der Waals surface area contributed by atoms with E-state index in [1.165, 1.54) is 18.2 Å². The van der Waals surface area contributed by atoms with Crippen molar-refractivity contribution < 1.29 is 17.7 Å². The van der Waals surface area contributed by atoms with E-state index in [2.05, 4.69) is 30.7 Å². The molecule has 0 atom stereocenters. The van der Waals surface area contributed by atoms with Crippen molar-refractivity contribution in [1.82, 2.24) is 15.4 Å². The van der Waals surface area contributed by atoms with E-state index in [0.29, 0.717) is 28.6 Å². The van der Waals surface area contributed by atoms with Gasteiger partial charge in [-0.05, 0) is 42.8 Å². The minimum Gasteiger partial charge on any atom is -0.360 e. The molecule has 3 aromatic rings. The molecule has 2 aromatic heterocycles. The highest BCUT2D eigenvalue weighted by atomic mass is 32.2. The van der Waals surface area contributed by atoms with Crippen LogP contribution in [0.15, 0.2) is 45.8 Å². The number of fused-ring (bicyclic) bond motifs is 1. The second-order valence-electron chi connectivity index (χ2n) is 5.90. The molecule has 4 rings (SSSR count). The molecule has 0 spiro atoms. The SMILES string of the molecule is Cc1cc(Nc2ccc(NS(=O)(=O)c3ccc4c(c3)CC(=O)N4)nn2)no1. The monoisotopic (exact) mass is 386 g/mol. The molecular formula is C16H14N6O4S. The van der Waals surface area contributed by atoms with E-state index in [1.54, 1.807) is 25.1 Å². The number of nitrogens with one attached hydrogen (secondary N) is 3. The molecule has 1 aliphatic rings. The molecular weight excluding hydrogens is 372 g/mol. The zero-order chi connectivity index (χ0) is 19.0. The summed E-state index contributed by atoms with van der Waals surface area (Å²) in [5.74, 6) is 1.39. The van der Waals surface area contributed by atoms with Crippen LogP contribution >= 0.6 is 0 Å². The molecule has 1 aromatic carbocycles. The van der Waals surface area contributed by atoms with Crippen molar-refractivity contribution in [3.8, 4) is 0 Å². The summed E-state index contributed by atoms with van der Waals surface area (Å²) in [6.45, 7) is 1.76. The van der Waals surface area contributed by atoms with E-state index in [-0.39, 0.29) is 23.0 Å². The van der Waals surface area contributed by atoms with E-state index in [9.17, 15) is 13.2 Å². The zero-order valence-electron chi connectivity index (χ0n) is 14.1. The Morgan fingerprint density at radius 3 is 2.56 bits per heavy atom. The smallest absolute Gasteiger partial charge is 0.263 e. The van der Waals surface area contributed by atoms with Crippen molar-refractivity contribution >= 4 is 39.1 Å². The van der Waals surface area contributed by atoms with Gasteiger partial charge in [0, 0.05) is 11.8 Å². The van der Waals surface area contributed by atoms with Gasteiger partial charge in [-0.1, -0.05) is 5.16 Å². The first-order valence-corrected chi connectivity index (χ1v) is 9.37. The first kappa shape index (κ1) is 17.0. The van der Waals surface area contributed by atoms with Crippen LogP contribution in [0, 0.1) is 6.92 Å². The number of benzene rings is 1. The van der Waals surface area contributed by atoms with Gasteiger partial charge in [-0.15, -0.1) is 10.2 Å². The Morgan fingerprint density at radius 1 is 1.07 bits per heavy atom. The molecule has 0 aliphatic carbocycles. The van der Waals surface area contributed by atoms with Crippen LogP contribution in [0.25, 0.3) is 0 Å². The highest BCUT2D eigenvalue weighted by Crippen LogP contribution is 2.26. The van der Waals surface area contributed by atoms with Crippen molar-refractivity contribution in [2.45, 2.75) is 18.2 Å². The fourth-order valence-electron chi connectivity index (χ4n) is 2.58. The Balaban J connectivity index is 1.49. The molecule has 0 radical (unpaired) electrons. The number of aromatic nitrogens is 3. The van der Waals surface area contributed by atoms with E-state index >= 15 is 0 Å². The topological polar surface area (TPSA) is 139 Å². The molecule has 3 heterocycles. The number of carbonyl (C=O) groups is 1. The average Bonchev–Trinajstić information content (AvgIpc) is 3.20. The molecule has 0 bridgehead atoms. The van der Waals surface area contributed by atoms with Gasteiger partial charge in [0.2, 0.25) is 5.91 Å². The largest absolute Gasteiger partial charge is 0.360 e. The Hall–Kier alpha value is -3.47. The van der Waals surface area contributed by atoms with Crippen molar-refractivity contribution in [3.05, 3.63) is 47.7 Å². The van der Waals surface area contributed by atoms with Crippen LogP contribution in [-0.2, 0) is 21.2 Å². The van der Waals surface area contributed by atoms with E-state index in [4.69, 9.17) is 4.52 Å². The van der Waals surface area contributed by atoms with Gasteiger partial charge in [-0.2, -0.15) is 0 Å². The molecule has 27 heavy (non-hydrogen) atoms. The predicted octanol–water partition coefficient (Wildman–Crippen LogP) is 1.81. The number of carbonyl (C=O) groups excluding carboxylic acids is 1. The molecule has 0 unspecified atom stereocenters. The summed E-state index contributed by atoms with van der Waals surface area (Å²) in [7, 11) is -3.86. The quantitative estimate of drug-likeness (QED) is 0.603. The summed E-state index contributed by atoms with van der Waals surface area (Å²) in [6.07, 6.45) is 0.153. The molecule has 1 amide bonds. The molecule has 3 N–H and O–H groups in total. The summed E-state index contributed by atoms with van der Waals surface area (Å²) in [6, 6.07) is 9.16.